The maximum Gasteiger partial charge on any atom is 0.306 e. The fourth-order valence-electron chi connectivity index (χ4n) is 5.06. The van der Waals surface area contributed by atoms with Gasteiger partial charge in [-0.3, -0.25) is 14.4 Å². The summed E-state index contributed by atoms with van der Waals surface area (Å²) in [6.07, 6.45) is 43.8. The van der Waals surface area contributed by atoms with E-state index in [0.717, 1.165) is 83.5 Å². The molecule has 0 aliphatic carbocycles. The maximum absolute atomic E-state index is 12.5. The van der Waals surface area contributed by atoms with Crippen LogP contribution in [0.1, 0.15) is 175 Å². The van der Waals surface area contributed by atoms with Gasteiger partial charge in [0.1, 0.15) is 13.2 Å². The Kier molecular flexibility index (Phi) is 35.7. The van der Waals surface area contributed by atoms with Crippen LogP contribution in [0, 0.1) is 0 Å². The Bertz CT molecular complexity index is 929. The van der Waals surface area contributed by atoms with E-state index in [2.05, 4.69) is 81.5 Å². The molecule has 0 heterocycles. The van der Waals surface area contributed by atoms with Gasteiger partial charge in [0.2, 0.25) is 0 Å². The molecule has 0 aromatic heterocycles. The van der Waals surface area contributed by atoms with Crippen molar-refractivity contribution in [2.24, 2.45) is 0 Å². The molecule has 0 aliphatic rings. The number of ether oxygens (including phenoxy) is 3. The van der Waals surface area contributed by atoms with Crippen LogP contribution >= 0.6 is 0 Å². The monoisotopic (exact) mass is 685 g/mol. The van der Waals surface area contributed by atoms with Crippen LogP contribution in [0.4, 0.5) is 0 Å². The van der Waals surface area contributed by atoms with Crippen molar-refractivity contribution < 1.29 is 28.6 Å². The fraction of sp³-hybridized carbons (Fsp3) is 0.698. The molecule has 6 nitrogen and oxygen atoms in total. The van der Waals surface area contributed by atoms with E-state index >= 15 is 0 Å². The average molecular weight is 685 g/mol. The van der Waals surface area contributed by atoms with E-state index in [1.165, 1.54) is 44.9 Å². The van der Waals surface area contributed by atoms with Crippen LogP contribution in [0.25, 0.3) is 0 Å². The van der Waals surface area contributed by atoms with Crippen molar-refractivity contribution in [3.63, 3.8) is 0 Å². The summed E-state index contributed by atoms with van der Waals surface area (Å²) >= 11 is 0. The van der Waals surface area contributed by atoms with Crippen LogP contribution in [-0.2, 0) is 28.6 Å². The van der Waals surface area contributed by atoms with Gasteiger partial charge in [-0.2, -0.15) is 0 Å². The molecule has 0 fully saturated rings. The minimum atomic E-state index is -0.787. The molecule has 0 spiro atoms. The number of hydrogen-bond donors (Lipinski definition) is 0. The standard InChI is InChI=1S/C43H72O6/c1-4-7-10-13-15-17-18-19-20-21-22-23-24-26-27-30-33-36-42(45)48-39-40(38-47-41(44)35-32-29-12-9-6-3)49-43(46)37-34-31-28-25-16-14-11-8-5-2/h7,10,15,17,19-20,22-23,26-27,40H,4-6,8-9,11-14,16,18,21,24-25,28-39H2,1-3H3/b10-7-,17-15-,20-19-,23-22-,27-26-. The number of rotatable bonds is 34. The molecule has 0 saturated heterocycles. The van der Waals surface area contributed by atoms with Crippen LogP contribution in [0.2, 0.25) is 0 Å². The van der Waals surface area contributed by atoms with Gasteiger partial charge in [0.15, 0.2) is 6.10 Å². The number of carbonyl (C=O) groups excluding carboxylic acids is 3. The maximum atomic E-state index is 12.5. The highest BCUT2D eigenvalue weighted by Crippen LogP contribution is 2.12. The second-order valence-corrected chi connectivity index (χ2v) is 12.8. The molecule has 0 N–H and O–H groups in total. The molecule has 1 atom stereocenters. The van der Waals surface area contributed by atoms with Gasteiger partial charge in [0.05, 0.1) is 0 Å². The molecule has 0 amide bonds. The first-order valence-corrected chi connectivity index (χ1v) is 19.8. The van der Waals surface area contributed by atoms with Crippen molar-refractivity contribution in [2.75, 3.05) is 13.2 Å². The topological polar surface area (TPSA) is 78.9 Å². The van der Waals surface area contributed by atoms with Gasteiger partial charge in [0.25, 0.3) is 0 Å². The first-order chi connectivity index (χ1) is 24.0. The quantitative estimate of drug-likeness (QED) is 0.0290. The van der Waals surface area contributed by atoms with Crippen LogP contribution in [0.3, 0.4) is 0 Å². The van der Waals surface area contributed by atoms with E-state index in [9.17, 15) is 14.4 Å². The zero-order valence-corrected chi connectivity index (χ0v) is 31.7. The number of carbonyl (C=O) groups is 3. The van der Waals surface area contributed by atoms with Crippen molar-refractivity contribution in [1.29, 1.82) is 0 Å². The Labute approximate surface area is 300 Å². The van der Waals surface area contributed by atoms with Crippen LogP contribution in [0.5, 0.6) is 0 Å². The summed E-state index contributed by atoms with van der Waals surface area (Å²) < 4.78 is 16.4. The minimum Gasteiger partial charge on any atom is -0.462 e. The van der Waals surface area contributed by atoms with E-state index in [0.29, 0.717) is 19.3 Å². The molecule has 0 aromatic carbocycles. The highest BCUT2D eigenvalue weighted by Gasteiger charge is 2.19. The van der Waals surface area contributed by atoms with Gasteiger partial charge in [-0.25, -0.2) is 0 Å². The summed E-state index contributed by atoms with van der Waals surface area (Å²) in [5, 5.41) is 0. The Morgan fingerprint density at radius 2 is 0.796 bits per heavy atom. The van der Waals surface area contributed by atoms with Crippen molar-refractivity contribution in [1.82, 2.24) is 0 Å². The third-order valence-corrected chi connectivity index (χ3v) is 8.04. The number of hydrogen-bond acceptors (Lipinski definition) is 6. The average Bonchev–Trinajstić information content (AvgIpc) is 3.09. The number of unbranched alkanes of at least 4 members (excludes halogenated alkanes) is 13. The Balaban J connectivity index is 4.36. The summed E-state index contributed by atoms with van der Waals surface area (Å²) in [6, 6.07) is 0. The van der Waals surface area contributed by atoms with Crippen LogP contribution < -0.4 is 0 Å². The molecule has 0 aromatic rings. The van der Waals surface area contributed by atoms with E-state index in [1.807, 2.05) is 0 Å². The van der Waals surface area contributed by atoms with Gasteiger partial charge < -0.3 is 14.2 Å². The Morgan fingerprint density at radius 1 is 0.429 bits per heavy atom. The second-order valence-electron chi connectivity index (χ2n) is 12.8. The van der Waals surface area contributed by atoms with Crippen molar-refractivity contribution >= 4 is 17.9 Å². The molecular weight excluding hydrogens is 612 g/mol. The molecule has 1 unspecified atom stereocenters. The highest BCUT2D eigenvalue weighted by molar-refractivity contribution is 5.71. The molecule has 6 heteroatoms. The zero-order chi connectivity index (χ0) is 35.9. The zero-order valence-electron chi connectivity index (χ0n) is 31.7. The van der Waals surface area contributed by atoms with Gasteiger partial charge in [0, 0.05) is 19.3 Å². The highest BCUT2D eigenvalue weighted by atomic mass is 16.6. The van der Waals surface area contributed by atoms with Gasteiger partial charge in [-0.15, -0.1) is 0 Å². The third kappa shape index (κ3) is 36.2. The molecule has 0 bridgehead atoms. The SMILES string of the molecule is CC/C=C\C/C=C\C/C=C\C/C=C\C/C=C\CCCC(=O)OCC(COC(=O)CCCCCCC)OC(=O)CCCCCCCCCCC. The van der Waals surface area contributed by atoms with Crippen molar-refractivity contribution in [3.8, 4) is 0 Å². The summed E-state index contributed by atoms with van der Waals surface area (Å²) in [6.45, 7) is 6.33. The van der Waals surface area contributed by atoms with E-state index in [-0.39, 0.29) is 37.5 Å². The molecule has 0 aliphatic heterocycles. The molecule has 0 saturated carbocycles. The summed E-state index contributed by atoms with van der Waals surface area (Å²) in [4.78, 5) is 37.2. The molecule has 49 heavy (non-hydrogen) atoms. The van der Waals surface area contributed by atoms with Gasteiger partial charge in [-0.05, 0) is 57.8 Å². The lowest BCUT2D eigenvalue weighted by Gasteiger charge is -2.18. The van der Waals surface area contributed by atoms with Crippen molar-refractivity contribution in [2.45, 2.75) is 181 Å². The van der Waals surface area contributed by atoms with E-state index in [4.69, 9.17) is 14.2 Å². The predicted molar refractivity (Wildman–Crippen MR) is 205 cm³/mol. The predicted octanol–water partition coefficient (Wildman–Crippen LogP) is 12.2. The normalized spacial score (nSPS) is 12.6. The summed E-state index contributed by atoms with van der Waals surface area (Å²) in [5.74, 6) is -0.979. The van der Waals surface area contributed by atoms with Gasteiger partial charge >= 0.3 is 17.9 Å². The van der Waals surface area contributed by atoms with Crippen LogP contribution in [0.15, 0.2) is 60.8 Å². The Hall–Kier alpha value is -2.89. The summed E-state index contributed by atoms with van der Waals surface area (Å²) in [5.41, 5.74) is 0. The lowest BCUT2D eigenvalue weighted by Crippen LogP contribution is -2.30. The first kappa shape index (κ1) is 46.1. The number of allylic oxidation sites excluding steroid dienone is 10. The van der Waals surface area contributed by atoms with E-state index in [1.54, 1.807) is 0 Å². The molecule has 280 valence electrons. The largest absolute Gasteiger partial charge is 0.462 e. The molecule has 0 rings (SSSR count). The van der Waals surface area contributed by atoms with Gasteiger partial charge in [-0.1, -0.05) is 159 Å². The smallest absolute Gasteiger partial charge is 0.306 e. The third-order valence-electron chi connectivity index (χ3n) is 8.04. The lowest BCUT2D eigenvalue weighted by molar-refractivity contribution is -0.167. The van der Waals surface area contributed by atoms with Crippen molar-refractivity contribution in [3.05, 3.63) is 60.8 Å². The minimum absolute atomic E-state index is 0.0926. The van der Waals surface area contributed by atoms with E-state index < -0.39 is 6.10 Å². The lowest BCUT2D eigenvalue weighted by atomic mass is 10.1. The summed E-state index contributed by atoms with van der Waals surface area (Å²) in [7, 11) is 0. The molecule has 0 radical (unpaired) electrons. The number of esters is 3. The van der Waals surface area contributed by atoms with Crippen LogP contribution in [-0.4, -0.2) is 37.2 Å². The second kappa shape index (κ2) is 37.9. The molecular formula is C43H72O6. The fourth-order valence-corrected chi connectivity index (χ4v) is 5.06. The first-order valence-electron chi connectivity index (χ1n) is 19.8. The Morgan fingerprint density at radius 3 is 1.24 bits per heavy atom.